The SMILES string of the molecule is Cc1nc(N)c2c(F)c(Br)nn2n1. The minimum atomic E-state index is -0.544. The van der Waals surface area contributed by atoms with Crippen LogP contribution in [0.3, 0.4) is 0 Å². The molecule has 0 saturated heterocycles. The molecule has 0 radical (unpaired) electrons. The number of anilines is 1. The standard InChI is InChI=1S/C6H5BrFN5/c1-2-10-6(9)4-3(8)5(7)12-13(4)11-2/h1H3,(H2,9,10,11). The summed E-state index contributed by atoms with van der Waals surface area (Å²) in [6.07, 6.45) is 0. The molecule has 2 heterocycles. The lowest BCUT2D eigenvalue weighted by Crippen LogP contribution is -2.04. The van der Waals surface area contributed by atoms with E-state index in [0.717, 1.165) is 4.63 Å². The van der Waals surface area contributed by atoms with Gasteiger partial charge in [-0.3, -0.25) is 0 Å². The van der Waals surface area contributed by atoms with Crippen LogP contribution in [0.25, 0.3) is 5.52 Å². The molecular weight excluding hydrogens is 241 g/mol. The van der Waals surface area contributed by atoms with Crippen LogP contribution >= 0.6 is 15.9 Å². The molecule has 2 aromatic rings. The third-order valence-electron chi connectivity index (χ3n) is 1.54. The highest BCUT2D eigenvalue weighted by Gasteiger charge is 2.14. The van der Waals surface area contributed by atoms with Crippen molar-refractivity contribution in [2.24, 2.45) is 0 Å². The second-order valence-corrected chi connectivity index (χ2v) is 3.24. The van der Waals surface area contributed by atoms with Gasteiger partial charge in [-0.25, -0.2) is 9.37 Å². The molecule has 2 N–H and O–H groups in total. The van der Waals surface area contributed by atoms with E-state index in [9.17, 15) is 4.39 Å². The lowest BCUT2D eigenvalue weighted by atomic mass is 10.5. The maximum absolute atomic E-state index is 13.3. The summed E-state index contributed by atoms with van der Waals surface area (Å²) in [7, 11) is 0. The molecule has 0 fully saturated rings. The van der Waals surface area contributed by atoms with E-state index < -0.39 is 5.82 Å². The number of nitrogens with two attached hydrogens (primary N) is 1. The van der Waals surface area contributed by atoms with Gasteiger partial charge in [-0.2, -0.15) is 0 Å². The predicted molar refractivity (Wildman–Crippen MR) is 47.6 cm³/mol. The van der Waals surface area contributed by atoms with Crippen molar-refractivity contribution in [3.8, 4) is 0 Å². The highest BCUT2D eigenvalue weighted by Crippen LogP contribution is 2.21. The number of halogens is 2. The van der Waals surface area contributed by atoms with Gasteiger partial charge in [0.1, 0.15) is 5.82 Å². The number of hydrogen-bond donors (Lipinski definition) is 1. The van der Waals surface area contributed by atoms with Crippen LogP contribution in [0.4, 0.5) is 10.2 Å². The number of fused-ring (bicyclic) bond motifs is 1. The molecule has 2 rings (SSSR count). The van der Waals surface area contributed by atoms with Gasteiger partial charge in [0.2, 0.25) is 0 Å². The molecule has 0 atom stereocenters. The lowest BCUT2D eigenvalue weighted by Gasteiger charge is -1.96. The molecule has 13 heavy (non-hydrogen) atoms. The summed E-state index contributed by atoms with van der Waals surface area (Å²) in [5.41, 5.74) is 5.59. The van der Waals surface area contributed by atoms with Crippen molar-refractivity contribution in [1.82, 2.24) is 19.8 Å². The molecule has 0 aliphatic heterocycles. The number of aromatic nitrogens is 4. The Kier molecular flexibility index (Phi) is 1.69. The average molecular weight is 246 g/mol. The molecule has 0 spiro atoms. The maximum Gasteiger partial charge on any atom is 0.189 e. The number of nitrogen functional groups attached to an aromatic ring is 1. The van der Waals surface area contributed by atoms with E-state index in [-0.39, 0.29) is 15.9 Å². The second kappa shape index (κ2) is 2.63. The van der Waals surface area contributed by atoms with Gasteiger partial charge in [0.15, 0.2) is 21.8 Å². The van der Waals surface area contributed by atoms with Crippen LogP contribution in [-0.2, 0) is 0 Å². The van der Waals surface area contributed by atoms with Crippen LogP contribution in [0, 0.1) is 12.7 Å². The third-order valence-corrected chi connectivity index (χ3v) is 2.04. The van der Waals surface area contributed by atoms with E-state index in [4.69, 9.17) is 5.73 Å². The zero-order valence-corrected chi connectivity index (χ0v) is 8.21. The predicted octanol–water partition coefficient (Wildman–Crippen LogP) is 0.917. The Balaban J connectivity index is 2.94. The first-order chi connectivity index (χ1) is 6.09. The van der Waals surface area contributed by atoms with Crippen molar-refractivity contribution in [3.63, 3.8) is 0 Å². The minimum Gasteiger partial charge on any atom is -0.382 e. The Morgan fingerprint density at radius 1 is 1.46 bits per heavy atom. The molecule has 0 unspecified atom stereocenters. The van der Waals surface area contributed by atoms with E-state index >= 15 is 0 Å². The monoisotopic (exact) mass is 245 g/mol. The molecule has 2 aromatic heterocycles. The van der Waals surface area contributed by atoms with Gasteiger partial charge in [0, 0.05) is 0 Å². The third kappa shape index (κ3) is 1.15. The molecule has 0 aromatic carbocycles. The van der Waals surface area contributed by atoms with Crippen molar-refractivity contribution >= 4 is 27.3 Å². The van der Waals surface area contributed by atoms with Crippen LogP contribution < -0.4 is 5.73 Å². The zero-order chi connectivity index (χ0) is 9.59. The number of rotatable bonds is 0. The largest absolute Gasteiger partial charge is 0.382 e. The lowest BCUT2D eigenvalue weighted by molar-refractivity contribution is 0.631. The fourth-order valence-corrected chi connectivity index (χ4v) is 1.37. The fourth-order valence-electron chi connectivity index (χ4n) is 1.04. The Labute approximate surface area is 80.9 Å². The van der Waals surface area contributed by atoms with E-state index in [1.165, 1.54) is 0 Å². The zero-order valence-electron chi connectivity index (χ0n) is 6.62. The van der Waals surface area contributed by atoms with Gasteiger partial charge in [-0.05, 0) is 22.9 Å². The number of aryl methyl sites for hydroxylation is 1. The first-order valence-corrected chi connectivity index (χ1v) is 4.23. The van der Waals surface area contributed by atoms with E-state index in [2.05, 4.69) is 31.1 Å². The fraction of sp³-hybridized carbons (Fsp3) is 0.167. The molecule has 0 aliphatic rings. The topological polar surface area (TPSA) is 69.1 Å². The summed E-state index contributed by atoms with van der Waals surface area (Å²) >= 11 is 2.94. The first kappa shape index (κ1) is 8.36. The summed E-state index contributed by atoms with van der Waals surface area (Å²) < 4.78 is 14.5. The van der Waals surface area contributed by atoms with Crippen LogP contribution in [0.5, 0.6) is 0 Å². The van der Waals surface area contributed by atoms with Gasteiger partial charge < -0.3 is 5.73 Å². The second-order valence-electron chi connectivity index (χ2n) is 2.49. The molecule has 0 bridgehead atoms. The summed E-state index contributed by atoms with van der Waals surface area (Å²) in [5.74, 6) is -0.0132. The Hall–Kier alpha value is -1.24. The Morgan fingerprint density at radius 3 is 2.85 bits per heavy atom. The molecule has 0 amide bonds. The first-order valence-electron chi connectivity index (χ1n) is 3.43. The van der Waals surface area contributed by atoms with Crippen molar-refractivity contribution < 1.29 is 4.39 Å². The summed E-state index contributed by atoms with van der Waals surface area (Å²) in [4.78, 5) is 3.82. The van der Waals surface area contributed by atoms with Crippen LogP contribution in [0.15, 0.2) is 4.60 Å². The summed E-state index contributed by atoms with van der Waals surface area (Å²) in [6.45, 7) is 1.66. The van der Waals surface area contributed by atoms with Crippen molar-refractivity contribution in [3.05, 3.63) is 16.2 Å². The van der Waals surface area contributed by atoms with Crippen molar-refractivity contribution in [2.45, 2.75) is 6.92 Å². The van der Waals surface area contributed by atoms with Gasteiger partial charge in [-0.15, -0.1) is 14.8 Å². The van der Waals surface area contributed by atoms with Crippen molar-refractivity contribution in [1.29, 1.82) is 0 Å². The molecular formula is C6H5BrFN5. The maximum atomic E-state index is 13.3. The number of hydrogen-bond acceptors (Lipinski definition) is 4. The average Bonchev–Trinajstić information content (AvgIpc) is 2.27. The Morgan fingerprint density at radius 2 is 2.15 bits per heavy atom. The quantitative estimate of drug-likeness (QED) is 0.750. The summed E-state index contributed by atoms with van der Waals surface area (Å²) in [6, 6.07) is 0. The normalized spacial score (nSPS) is 11.0. The molecule has 68 valence electrons. The minimum absolute atomic E-state index is 0.0825. The molecule has 5 nitrogen and oxygen atoms in total. The highest BCUT2D eigenvalue weighted by molar-refractivity contribution is 9.10. The van der Waals surface area contributed by atoms with Crippen molar-refractivity contribution in [2.75, 3.05) is 5.73 Å². The van der Waals surface area contributed by atoms with Gasteiger partial charge >= 0.3 is 0 Å². The molecule has 7 heteroatoms. The van der Waals surface area contributed by atoms with E-state index in [1.54, 1.807) is 6.92 Å². The van der Waals surface area contributed by atoms with Crippen LogP contribution in [-0.4, -0.2) is 19.8 Å². The van der Waals surface area contributed by atoms with Crippen LogP contribution in [0.1, 0.15) is 5.82 Å². The van der Waals surface area contributed by atoms with Gasteiger partial charge in [0.25, 0.3) is 0 Å². The van der Waals surface area contributed by atoms with Gasteiger partial charge in [0.05, 0.1) is 0 Å². The smallest absolute Gasteiger partial charge is 0.189 e. The molecule has 0 aliphatic carbocycles. The van der Waals surface area contributed by atoms with E-state index in [1.807, 2.05) is 0 Å². The number of nitrogens with zero attached hydrogens (tertiary/aromatic N) is 4. The van der Waals surface area contributed by atoms with Crippen LogP contribution in [0.2, 0.25) is 0 Å². The highest BCUT2D eigenvalue weighted by atomic mass is 79.9. The van der Waals surface area contributed by atoms with Gasteiger partial charge in [-0.1, -0.05) is 0 Å². The molecule has 0 saturated carbocycles. The van der Waals surface area contributed by atoms with E-state index in [0.29, 0.717) is 5.82 Å². The summed E-state index contributed by atoms with van der Waals surface area (Å²) in [5, 5.41) is 7.62. The Bertz CT molecular complexity index is 479.